The molecule has 0 spiro atoms. The average molecular weight is 356 g/mol. The minimum atomic E-state index is 0.218. The Morgan fingerprint density at radius 1 is 1.08 bits per heavy atom. The van der Waals surface area contributed by atoms with Gasteiger partial charge in [-0.05, 0) is 56.2 Å². The van der Waals surface area contributed by atoms with Crippen molar-refractivity contribution in [2.75, 3.05) is 31.1 Å². The van der Waals surface area contributed by atoms with E-state index in [1.807, 2.05) is 18.2 Å². The van der Waals surface area contributed by atoms with Crippen LogP contribution in [0.5, 0.6) is 0 Å². The number of carbonyl (C=O) groups excluding carboxylic acids is 1. The Labute approximate surface area is 152 Å². The first kappa shape index (κ1) is 16.5. The van der Waals surface area contributed by atoms with E-state index in [1.165, 1.54) is 17.7 Å². The van der Waals surface area contributed by atoms with Gasteiger partial charge in [0, 0.05) is 43.4 Å². The summed E-state index contributed by atoms with van der Waals surface area (Å²) in [6.45, 7) is 5.91. The van der Waals surface area contributed by atoms with Crippen LogP contribution in [0.2, 0.25) is 0 Å². The first-order valence-corrected chi connectivity index (χ1v) is 9.90. The van der Waals surface area contributed by atoms with Crippen molar-refractivity contribution < 1.29 is 4.79 Å². The summed E-state index contributed by atoms with van der Waals surface area (Å²) >= 11 is 1.61. The fourth-order valence-electron chi connectivity index (χ4n) is 4.09. The van der Waals surface area contributed by atoms with Gasteiger partial charge in [0.05, 0.1) is 4.88 Å². The normalized spacial score (nSPS) is 21.7. The molecule has 25 heavy (non-hydrogen) atoms. The Morgan fingerprint density at radius 2 is 1.80 bits per heavy atom. The Kier molecular flexibility index (Phi) is 4.70. The van der Waals surface area contributed by atoms with Crippen LogP contribution >= 0.6 is 11.3 Å². The number of piperidine rings is 1. The summed E-state index contributed by atoms with van der Waals surface area (Å²) < 4.78 is 0. The zero-order valence-corrected chi connectivity index (χ0v) is 15.4. The Bertz CT molecular complexity index is 724. The van der Waals surface area contributed by atoms with Gasteiger partial charge >= 0.3 is 0 Å². The van der Waals surface area contributed by atoms with Crippen LogP contribution in [0.15, 0.2) is 30.6 Å². The van der Waals surface area contributed by atoms with Crippen molar-refractivity contribution in [3.8, 4) is 0 Å². The summed E-state index contributed by atoms with van der Waals surface area (Å²) in [5.74, 6) is 2.42. The van der Waals surface area contributed by atoms with Crippen LogP contribution in [0.3, 0.4) is 0 Å². The van der Waals surface area contributed by atoms with Gasteiger partial charge in [-0.25, -0.2) is 9.97 Å². The molecule has 0 bridgehead atoms. The number of amides is 1. The van der Waals surface area contributed by atoms with Gasteiger partial charge in [0.15, 0.2) is 0 Å². The average Bonchev–Trinajstić information content (AvgIpc) is 3.31. The van der Waals surface area contributed by atoms with E-state index in [0.29, 0.717) is 11.8 Å². The van der Waals surface area contributed by atoms with E-state index in [2.05, 4.69) is 26.7 Å². The van der Waals surface area contributed by atoms with Crippen LogP contribution in [-0.2, 0) is 0 Å². The van der Waals surface area contributed by atoms with Gasteiger partial charge in [0.1, 0.15) is 0 Å². The van der Waals surface area contributed by atoms with Crippen LogP contribution in [0.4, 0.5) is 5.95 Å². The third kappa shape index (κ3) is 3.54. The van der Waals surface area contributed by atoms with E-state index < -0.39 is 0 Å². The second-order valence-corrected chi connectivity index (χ2v) is 8.37. The summed E-state index contributed by atoms with van der Waals surface area (Å²) in [6, 6.07) is 5.86. The van der Waals surface area contributed by atoms with Crippen LogP contribution in [0.25, 0.3) is 0 Å². The van der Waals surface area contributed by atoms with Gasteiger partial charge in [-0.1, -0.05) is 0 Å². The highest BCUT2D eigenvalue weighted by atomic mass is 32.1. The lowest BCUT2D eigenvalue weighted by Gasteiger charge is -2.34. The molecule has 2 aromatic heterocycles. The summed E-state index contributed by atoms with van der Waals surface area (Å²) in [5.41, 5.74) is 0. The molecule has 1 amide bonds. The van der Waals surface area contributed by atoms with Crippen molar-refractivity contribution in [1.82, 2.24) is 14.9 Å². The fraction of sp³-hybridized carbons (Fsp3) is 0.526. The molecule has 6 heteroatoms. The van der Waals surface area contributed by atoms with Crippen LogP contribution in [0.1, 0.15) is 33.8 Å². The number of aryl methyl sites for hydroxylation is 1. The van der Waals surface area contributed by atoms with Crippen LogP contribution in [0, 0.1) is 18.8 Å². The highest BCUT2D eigenvalue weighted by molar-refractivity contribution is 7.13. The standard InChI is InChI=1S/C19H24N4OS/c1-14-3-4-17(25-14)18(24)23-12-7-16(13-23)15-5-10-22(11-6-15)19-20-8-2-9-21-19/h2-4,8-9,15-16H,5-7,10-13H2,1H3. The molecule has 0 radical (unpaired) electrons. The number of nitrogens with zero attached hydrogens (tertiary/aromatic N) is 4. The largest absolute Gasteiger partial charge is 0.341 e. The van der Waals surface area contributed by atoms with Gasteiger partial charge in [-0.2, -0.15) is 0 Å². The predicted octanol–water partition coefficient (Wildman–Crippen LogP) is 3.23. The van der Waals surface area contributed by atoms with Crippen LogP contribution < -0.4 is 4.90 Å². The zero-order chi connectivity index (χ0) is 17.2. The maximum absolute atomic E-state index is 12.6. The second-order valence-electron chi connectivity index (χ2n) is 7.08. The first-order valence-electron chi connectivity index (χ1n) is 9.08. The SMILES string of the molecule is Cc1ccc(C(=O)N2CCC(C3CCN(c4ncccn4)CC3)C2)s1. The number of aromatic nitrogens is 2. The Hall–Kier alpha value is -1.95. The molecule has 132 valence electrons. The molecule has 2 aliphatic rings. The van der Waals surface area contributed by atoms with Crippen molar-refractivity contribution in [3.63, 3.8) is 0 Å². The molecule has 2 aliphatic heterocycles. The summed E-state index contributed by atoms with van der Waals surface area (Å²) in [5, 5.41) is 0. The highest BCUT2D eigenvalue weighted by Gasteiger charge is 2.34. The number of hydrogen-bond donors (Lipinski definition) is 0. The number of likely N-dealkylation sites (tertiary alicyclic amines) is 1. The molecular weight excluding hydrogens is 332 g/mol. The molecule has 0 aromatic carbocycles. The maximum Gasteiger partial charge on any atom is 0.263 e. The Morgan fingerprint density at radius 3 is 2.48 bits per heavy atom. The van der Waals surface area contributed by atoms with Crippen molar-refractivity contribution in [2.45, 2.75) is 26.2 Å². The monoisotopic (exact) mass is 356 g/mol. The third-order valence-electron chi connectivity index (χ3n) is 5.50. The molecular formula is C19H24N4OS. The van der Waals surface area contributed by atoms with Crippen molar-refractivity contribution in [3.05, 3.63) is 40.3 Å². The van der Waals surface area contributed by atoms with Gasteiger partial charge < -0.3 is 9.80 Å². The van der Waals surface area contributed by atoms with E-state index in [1.54, 1.807) is 23.7 Å². The van der Waals surface area contributed by atoms with Crippen LogP contribution in [-0.4, -0.2) is 47.0 Å². The third-order valence-corrected chi connectivity index (χ3v) is 6.49. The molecule has 2 fully saturated rings. The molecule has 0 N–H and O–H groups in total. The Balaban J connectivity index is 1.32. The lowest BCUT2D eigenvalue weighted by molar-refractivity contribution is 0.0785. The topological polar surface area (TPSA) is 49.3 Å². The van der Waals surface area contributed by atoms with E-state index >= 15 is 0 Å². The minimum absolute atomic E-state index is 0.218. The quantitative estimate of drug-likeness (QED) is 0.847. The van der Waals surface area contributed by atoms with E-state index in [-0.39, 0.29) is 5.91 Å². The van der Waals surface area contributed by atoms with Gasteiger partial charge in [0.25, 0.3) is 5.91 Å². The summed E-state index contributed by atoms with van der Waals surface area (Å²) in [7, 11) is 0. The molecule has 4 heterocycles. The number of thiophene rings is 1. The van der Waals surface area contributed by atoms with Gasteiger partial charge in [-0.3, -0.25) is 4.79 Å². The fourth-order valence-corrected chi connectivity index (χ4v) is 4.92. The zero-order valence-electron chi connectivity index (χ0n) is 14.6. The van der Waals surface area contributed by atoms with Gasteiger partial charge in [0.2, 0.25) is 5.95 Å². The first-order chi connectivity index (χ1) is 12.2. The second kappa shape index (κ2) is 7.12. The number of anilines is 1. The van der Waals surface area contributed by atoms with Crippen molar-refractivity contribution >= 4 is 23.2 Å². The lowest BCUT2D eigenvalue weighted by Crippen LogP contribution is -2.38. The smallest absolute Gasteiger partial charge is 0.263 e. The van der Waals surface area contributed by atoms with Crippen molar-refractivity contribution in [1.29, 1.82) is 0 Å². The number of hydrogen-bond acceptors (Lipinski definition) is 5. The molecule has 4 rings (SSSR count). The molecule has 2 aromatic rings. The predicted molar refractivity (Wildman–Crippen MR) is 100 cm³/mol. The number of carbonyl (C=O) groups is 1. The van der Waals surface area contributed by atoms with Gasteiger partial charge in [-0.15, -0.1) is 11.3 Å². The van der Waals surface area contributed by atoms with E-state index in [9.17, 15) is 4.79 Å². The molecule has 1 unspecified atom stereocenters. The molecule has 5 nitrogen and oxygen atoms in total. The summed E-state index contributed by atoms with van der Waals surface area (Å²) in [4.78, 5) is 27.8. The molecule has 0 saturated carbocycles. The lowest BCUT2D eigenvalue weighted by atomic mass is 9.84. The maximum atomic E-state index is 12.6. The minimum Gasteiger partial charge on any atom is -0.341 e. The van der Waals surface area contributed by atoms with E-state index in [0.717, 1.165) is 43.4 Å². The number of rotatable bonds is 3. The molecule has 0 aliphatic carbocycles. The highest BCUT2D eigenvalue weighted by Crippen LogP contribution is 2.33. The summed E-state index contributed by atoms with van der Waals surface area (Å²) in [6.07, 6.45) is 7.09. The molecule has 2 saturated heterocycles. The molecule has 1 atom stereocenters. The van der Waals surface area contributed by atoms with Crippen molar-refractivity contribution in [2.24, 2.45) is 11.8 Å². The van der Waals surface area contributed by atoms with E-state index in [4.69, 9.17) is 0 Å².